The van der Waals surface area contributed by atoms with Crippen molar-refractivity contribution in [1.29, 1.82) is 0 Å². The zero-order chi connectivity index (χ0) is 10.8. The van der Waals surface area contributed by atoms with Crippen molar-refractivity contribution >= 4 is 23.4 Å². The number of nitrogens with one attached hydrogen (secondary N) is 1. The summed E-state index contributed by atoms with van der Waals surface area (Å²) in [5.41, 5.74) is 0.900. The van der Waals surface area contributed by atoms with Crippen LogP contribution in [0.25, 0.3) is 0 Å². The summed E-state index contributed by atoms with van der Waals surface area (Å²) in [7, 11) is 0. The van der Waals surface area contributed by atoms with Crippen molar-refractivity contribution in [1.82, 2.24) is 0 Å². The molecule has 1 aromatic carbocycles. The van der Waals surface area contributed by atoms with E-state index in [9.17, 15) is 4.79 Å². The molecule has 0 spiro atoms. The second-order valence-electron chi connectivity index (χ2n) is 4.04. The first kappa shape index (κ1) is 10.6. The Morgan fingerprint density at radius 2 is 2.00 bits per heavy atom. The predicted octanol–water partition coefficient (Wildman–Crippen LogP) is 3.00. The van der Waals surface area contributed by atoms with Gasteiger partial charge in [0.25, 0.3) is 0 Å². The van der Waals surface area contributed by atoms with Gasteiger partial charge in [-0.3, -0.25) is 4.79 Å². The number of carbonyl (C=O) groups excluding carboxylic acids is 1. The molecule has 1 aliphatic carbocycles. The lowest BCUT2D eigenvalue weighted by Gasteiger charge is -2.04. The van der Waals surface area contributed by atoms with Gasteiger partial charge < -0.3 is 5.32 Å². The van der Waals surface area contributed by atoms with Crippen molar-refractivity contribution in [2.75, 3.05) is 11.6 Å². The van der Waals surface area contributed by atoms with E-state index in [4.69, 9.17) is 0 Å². The van der Waals surface area contributed by atoms with Gasteiger partial charge in [-0.05, 0) is 42.9 Å². The summed E-state index contributed by atoms with van der Waals surface area (Å²) in [5, 5.41) is 2.94. The third-order valence-electron chi connectivity index (χ3n) is 2.80. The first-order chi connectivity index (χ1) is 7.20. The summed E-state index contributed by atoms with van der Waals surface area (Å²) in [5.74, 6) is 0.972. The molecular weight excluding hydrogens is 206 g/mol. The Balaban J connectivity index is 1.95. The van der Waals surface area contributed by atoms with Gasteiger partial charge in [0.2, 0.25) is 5.91 Å². The van der Waals surface area contributed by atoms with Gasteiger partial charge in [0.1, 0.15) is 0 Å². The summed E-state index contributed by atoms with van der Waals surface area (Å²) in [4.78, 5) is 12.8. The molecule has 2 atom stereocenters. The van der Waals surface area contributed by atoms with Crippen LogP contribution in [0.5, 0.6) is 0 Å². The number of hydrogen-bond donors (Lipinski definition) is 1. The van der Waals surface area contributed by atoms with E-state index in [2.05, 4.69) is 12.2 Å². The minimum Gasteiger partial charge on any atom is -0.326 e. The predicted molar refractivity (Wildman–Crippen MR) is 64.1 cm³/mol. The molecule has 2 nitrogen and oxygen atoms in total. The molecule has 80 valence electrons. The SMILES string of the molecule is CSc1ccc(NC(=O)C2CC2C)cc1. The smallest absolute Gasteiger partial charge is 0.227 e. The number of anilines is 1. The van der Waals surface area contributed by atoms with Crippen LogP contribution >= 0.6 is 11.8 Å². The van der Waals surface area contributed by atoms with Gasteiger partial charge >= 0.3 is 0 Å². The number of carbonyl (C=O) groups is 1. The average molecular weight is 221 g/mol. The molecule has 3 heteroatoms. The van der Waals surface area contributed by atoms with Crippen LogP contribution in [0, 0.1) is 11.8 Å². The van der Waals surface area contributed by atoms with Crippen LogP contribution in [-0.4, -0.2) is 12.2 Å². The van der Waals surface area contributed by atoms with Crippen molar-refractivity contribution in [3.63, 3.8) is 0 Å². The fraction of sp³-hybridized carbons (Fsp3) is 0.417. The number of thioether (sulfide) groups is 1. The molecule has 15 heavy (non-hydrogen) atoms. The van der Waals surface area contributed by atoms with Crippen molar-refractivity contribution < 1.29 is 4.79 Å². The highest BCUT2D eigenvalue weighted by Gasteiger charge is 2.38. The maximum atomic E-state index is 11.6. The Morgan fingerprint density at radius 3 is 2.47 bits per heavy atom. The van der Waals surface area contributed by atoms with Crippen molar-refractivity contribution in [3.05, 3.63) is 24.3 Å². The fourth-order valence-electron chi connectivity index (χ4n) is 1.60. The van der Waals surface area contributed by atoms with Gasteiger partial charge in [0.15, 0.2) is 0 Å². The maximum Gasteiger partial charge on any atom is 0.227 e. The molecule has 1 saturated carbocycles. The molecule has 1 aromatic rings. The molecular formula is C12H15NOS. The van der Waals surface area contributed by atoms with E-state index in [-0.39, 0.29) is 11.8 Å². The molecule has 2 rings (SSSR count). The topological polar surface area (TPSA) is 29.1 Å². The van der Waals surface area contributed by atoms with Crippen LogP contribution < -0.4 is 5.32 Å². The van der Waals surface area contributed by atoms with Crippen molar-refractivity contribution in [2.24, 2.45) is 11.8 Å². The van der Waals surface area contributed by atoms with Gasteiger partial charge in [-0.1, -0.05) is 6.92 Å². The summed E-state index contributed by atoms with van der Waals surface area (Å²) < 4.78 is 0. The van der Waals surface area contributed by atoms with Crippen molar-refractivity contribution in [2.45, 2.75) is 18.2 Å². The largest absolute Gasteiger partial charge is 0.326 e. The van der Waals surface area contributed by atoms with Crippen molar-refractivity contribution in [3.8, 4) is 0 Å². The third-order valence-corrected chi connectivity index (χ3v) is 3.55. The van der Waals surface area contributed by atoms with E-state index in [0.717, 1.165) is 12.1 Å². The molecule has 1 amide bonds. The van der Waals surface area contributed by atoms with E-state index in [1.54, 1.807) is 11.8 Å². The van der Waals surface area contributed by atoms with Crippen LogP contribution in [0.2, 0.25) is 0 Å². The number of hydrogen-bond acceptors (Lipinski definition) is 2. The Bertz CT molecular complexity index is 360. The Morgan fingerprint density at radius 1 is 1.40 bits per heavy atom. The van der Waals surface area contributed by atoms with Gasteiger partial charge in [0.05, 0.1) is 0 Å². The van der Waals surface area contributed by atoms with E-state index in [1.165, 1.54) is 4.90 Å². The second-order valence-corrected chi connectivity index (χ2v) is 4.92. The molecule has 0 saturated heterocycles. The van der Waals surface area contributed by atoms with Crippen LogP contribution in [0.3, 0.4) is 0 Å². The standard InChI is InChI=1S/C12H15NOS/c1-8-7-11(8)12(14)13-9-3-5-10(15-2)6-4-9/h3-6,8,11H,7H2,1-2H3,(H,13,14). The quantitative estimate of drug-likeness (QED) is 0.795. The molecule has 0 aliphatic heterocycles. The molecule has 0 aromatic heterocycles. The van der Waals surface area contributed by atoms with E-state index < -0.39 is 0 Å². The van der Waals surface area contributed by atoms with Gasteiger partial charge in [-0.15, -0.1) is 11.8 Å². The first-order valence-corrected chi connectivity index (χ1v) is 6.38. The number of benzene rings is 1. The molecule has 0 bridgehead atoms. The van der Waals surface area contributed by atoms with Gasteiger partial charge in [-0.2, -0.15) is 0 Å². The summed E-state index contributed by atoms with van der Waals surface area (Å²) >= 11 is 1.70. The summed E-state index contributed by atoms with van der Waals surface area (Å²) in [6.07, 6.45) is 3.08. The monoisotopic (exact) mass is 221 g/mol. The molecule has 2 unspecified atom stereocenters. The van der Waals surface area contributed by atoms with Crippen LogP contribution in [-0.2, 0) is 4.79 Å². The van der Waals surface area contributed by atoms with E-state index >= 15 is 0 Å². The molecule has 0 heterocycles. The highest BCUT2D eigenvalue weighted by atomic mass is 32.2. The lowest BCUT2D eigenvalue weighted by Crippen LogP contribution is -2.14. The minimum atomic E-state index is 0.166. The number of amides is 1. The fourth-order valence-corrected chi connectivity index (χ4v) is 2.00. The van der Waals surface area contributed by atoms with E-state index in [0.29, 0.717) is 5.92 Å². The molecule has 1 fully saturated rings. The zero-order valence-electron chi connectivity index (χ0n) is 8.99. The minimum absolute atomic E-state index is 0.166. The lowest BCUT2D eigenvalue weighted by molar-refractivity contribution is -0.117. The van der Waals surface area contributed by atoms with Crippen LogP contribution in [0.1, 0.15) is 13.3 Å². The average Bonchev–Trinajstić information content (AvgIpc) is 2.97. The Hall–Kier alpha value is -0.960. The molecule has 0 radical (unpaired) electrons. The maximum absolute atomic E-state index is 11.6. The van der Waals surface area contributed by atoms with Crippen LogP contribution in [0.4, 0.5) is 5.69 Å². The zero-order valence-corrected chi connectivity index (χ0v) is 9.80. The first-order valence-electron chi connectivity index (χ1n) is 5.15. The highest BCUT2D eigenvalue weighted by Crippen LogP contribution is 2.38. The second kappa shape index (κ2) is 4.27. The Labute approximate surface area is 94.4 Å². The third kappa shape index (κ3) is 2.53. The lowest BCUT2D eigenvalue weighted by atomic mass is 10.3. The van der Waals surface area contributed by atoms with Gasteiger partial charge in [0, 0.05) is 16.5 Å². The van der Waals surface area contributed by atoms with Crippen LogP contribution in [0.15, 0.2) is 29.2 Å². The van der Waals surface area contributed by atoms with E-state index in [1.807, 2.05) is 30.5 Å². The summed E-state index contributed by atoms with van der Waals surface area (Å²) in [6.45, 7) is 2.11. The normalized spacial score (nSPS) is 23.6. The molecule has 1 aliphatic rings. The number of rotatable bonds is 3. The summed E-state index contributed by atoms with van der Waals surface area (Å²) in [6, 6.07) is 7.96. The highest BCUT2D eigenvalue weighted by molar-refractivity contribution is 7.98. The molecule has 1 N–H and O–H groups in total. The Kier molecular flexibility index (Phi) is 3.00. The van der Waals surface area contributed by atoms with Gasteiger partial charge in [-0.25, -0.2) is 0 Å².